The molecule has 2 aromatic rings. The summed E-state index contributed by atoms with van der Waals surface area (Å²) in [5, 5.41) is 15.6. The number of anilines is 1. The fourth-order valence-electron chi connectivity index (χ4n) is 4.17. The third-order valence-corrected chi connectivity index (χ3v) is 6.39. The molecule has 0 fully saturated rings. The van der Waals surface area contributed by atoms with E-state index in [2.05, 4.69) is 10.6 Å². The second kappa shape index (κ2) is 14.2. The van der Waals surface area contributed by atoms with Crippen LogP contribution >= 0.6 is 11.8 Å². The largest absolute Gasteiger partial charge is 0.444 e. The molecule has 2 atom stereocenters. The number of rotatable bonds is 11. The molecule has 8 nitrogen and oxygen atoms in total. The van der Waals surface area contributed by atoms with Crippen molar-refractivity contribution in [1.29, 1.82) is 0 Å². The predicted molar refractivity (Wildman–Crippen MR) is 153 cm³/mol. The Bertz CT molecular complexity index is 1100. The number of hydrogen-bond donors (Lipinski definition) is 3. The lowest BCUT2D eigenvalue weighted by Crippen LogP contribution is -2.53. The molecule has 2 aromatic carbocycles. The Kier molecular flexibility index (Phi) is 11.7. The number of alkyl carbamates (subject to hydrolysis) is 1. The smallest absolute Gasteiger partial charge is 0.408 e. The van der Waals surface area contributed by atoms with E-state index >= 15 is 0 Å². The number of thioether (sulfide) groups is 1. The van der Waals surface area contributed by atoms with Gasteiger partial charge in [0.05, 0.1) is 6.61 Å². The van der Waals surface area contributed by atoms with E-state index in [4.69, 9.17) is 4.74 Å². The lowest BCUT2D eigenvalue weighted by atomic mass is 9.98. The van der Waals surface area contributed by atoms with Crippen LogP contribution in [0.3, 0.4) is 0 Å². The van der Waals surface area contributed by atoms with Crippen molar-refractivity contribution in [2.45, 2.75) is 65.6 Å². The van der Waals surface area contributed by atoms with Gasteiger partial charge in [0.15, 0.2) is 0 Å². The molecule has 0 bridgehead atoms. The van der Waals surface area contributed by atoms with E-state index < -0.39 is 35.6 Å². The van der Waals surface area contributed by atoms with Crippen molar-refractivity contribution < 1.29 is 24.2 Å². The van der Waals surface area contributed by atoms with Crippen molar-refractivity contribution in [2.75, 3.05) is 30.5 Å². The molecule has 0 aliphatic heterocycles. The molecule has 9 heteroatoms. The Morgan fingerprint density at radius 3 is 2.24 bits per heavy atom. The summed E-state index contributed by atoms with van der Waals surface area (Å²) in [6.07, 6.45) is 1.53. The summed E-state index contributed by atoms with van der Waals surface area (Å²) in [5.74, 6) is -0.280. The van der Waals surface area contributed by atoms with Crippen LogP contribution in [0.2, 0.25) is 0 Å². The molecule has 2 rings (SSSR count). The molecule has 0 aromatic heterocycles. The van der Waals surface area contributed by atoms with Gasteiger partial charge in [0, 0.05) is 12.2 Å². The number of nitrogens with zero attached hydrogens (tertiary/aromatic N) is 1. The van der Waals surface area contributed by atoms with E-state index in [1.807, 2.05) is 63.4 Å². The van der Waals surface area contributed by atoms with Gasteiger partial charge in [0.25, 0.3) is 5.91 Å². The molecule has 3 amide bonds. The second-order valence-electron chi connectivity index (χ2n) is 10.4. The zero-order chi connectivity index (χ0) is 28.5. The highest BCUT2D eigenvalue weighted by Gasteiger charge is 2.36. The standard InChI is InChI=1S/C29H41N3O5S/c1-19-16-20(2)18-22(17-19)25(26(34)30-23-11-9-8-10-21(23)3)32(13-14-33)27(35)24(12-15-38-7)31-28(36)37-29(4,5)6/h8-11,16-18,24-25,33H,12-15H2,1-7H3,(H,30,34)(H,31,36). The number of aliphatic hydroxyl groups is 1. The van der Waals surface area contributed by atoms with E-state index in [-0.39, 0.29) is 13.2 Å². The van der Waals surface area contributed by atoms with Crippen LogP contribution in [0, 0.1) is 20.8 Å². The highest BCUT2D eigenvalue weighted by atomic mass is 32.2. The normalized spacial score (nSPS) is 12.8. The zero-order valence-electron chi connectivity index (χ0n) is 23.5. The van der Waals surface area contributed by atoms with Crippen LogP contribution in [0.1, 0.15) is 55.5 Å². The van der Waals surface area contributed by atoms with Crippen molar-refractivity contribution in [1.82, 2.24) is 10.2 Å². The minimum absolute atomic E-state index is 0.0938. The van der Waals surface area contributed by atoms with Crippen molar-refractivity contribution in [3.8, 4) is 0 Å². The minimum atomic E-state index is -1.04. The van der Waals surface area contributed by atoms with Crippen LogP contribution in [0.4, 0.5) is 10.5 Å². The number of ether oxygens (including phenoxy) is 1. The Morgan fingerprint density at radius 2 is 1.68 bits per heavy atom. The number of amides is 3. The zero-order valence-corrected chi connectivity index (χ0v) is 24.3. The Morgan fingerprint density at radius 1 is 1.05 bits per heavy atom. The van der Waals surface area contributed by atoms with Gasteiger partial charge in [-0.15, -0.1) is 0 Å². The number of carbonyl (C=O) groups excluding carboxylic acids is 3. The molecular formula is C29H41N3O5S. The fourth-order valence-corrected chi connectivity index (χ4v) is 4.64. The first-order valence-corrected chi connectivity index (χ1v) is 14.1. The number of para-hydroxylation sites is 1. The molecule has 0 aliphatic rings. The molecule has 208 valence electrons. The van der Waals surface area contributed by atoms with Crippen LogP contribution in [0.25, 0.3) is 0 Å². The Hall–Kier alpha value is -3.04. The van der Waals surface area contributed by atoms with Gasteiger partial charge in [-0.25, -0.2) is 4.79 Å². The summed E-state index contributed by atoms with van der Waals surface area (Å²) < 4.78 is 5.40. The van der Waals surface area contributed by atoms with Gasteiger partial charge in [0.1, 0.15) is 17.7 Å². The molecule has 3 N–H and O–H groups in total. The maximum Gasteiger partial charge on any atom is 0.408 e. The van der Waals surface area contributed by atoms with E-state index in [1.54, 1.807) is 26.8 Å². The van der Waals surface area contributed by atoms with Crippen molar-refractivity contribution in [3.05, 3.63) is 64.7 Å². The number of carbonyl (C=O) groups is 3. The third kappa shape index (κ3) is 9.36. The third-order valence-electron chi connectivity index (χ3n) is 5.75. The van der Waals surface area contributed by atoms with Crippen molar-refractivity contribution in [2.24, 2.45) is 0 Å². The molecule has 0 radical (unpaired) electrons. The van der Waals surface area contributed by atoms with Crippen molar-refractivity contribution >= 4 is 35.4 Å². The first kappa shape index (κ1) is 31.2. The van der Waals surface area contributed by atoms with Gasteiger partial charge < -0.3 is 25.4 Å². The van der Waals surface area contributed by atoms with Crippen LogP contribution in [-0.4, -0.2) is 64.7 Å². The molecule has 0 aliphatic carbocycles. The minimum Gasteiger partial charge on any atom is -0.444 e. The fraction of sp³-hybridized carbons (Fsp3) is 0.483. The van der Waals surface area contributed by atoms with E-state index in [1.165, 1.54) is 16.7 Å². The number of aryl methyl sites for hydroxylation is 3. The maximum absolute atomic E-state index is 14.0. The first-order chi connectivity index (χ1) is 17.9. The van der Waals surface area contributed by atoms with Gasteiger partial charge in [-0.3, -0.25) is 9.59 Å². The van der Waals surface area contributed by atoms with Crippen LogP contribution in [0.15, 0.2) is 42.5 Å². The van der Waals surface area contributed by atoms with Crippen LogP contribution in [0.5, 0.6) is 0 Å². The summed E-state index contributed by atoms with van der Waals surface area (Å²) in [5.41, 5.74) is 3.28. The average Bonchev–Trinajstić information content (AvgIpc) is 2.80. The number of benzene rings is 2. The van der Waals surface area contributed by atoms with Crippen LogP contribution < -0.4 is 10.6 Å². The summed E-state index contributed by atoms with van der Waals surface area (Å²) >= 11 is 1.54. The Balaban J connectivity index is 2.53. The summed E-state index contributed by atoms with van der Waals surface area (Å²) in [4.78, 5) is 41.8. The van der Waals surface area contributed by atoms with Gasteiger partial charge in [-0.05, 0) is 77.2 Å². The van der Waals surface area contributed by atoms with Gasteiger partial charge in [0.2, 0.25) is 5.91 Å². The van der Waals surface area contributed by atoms with Crippen LogP contribution in [-0.2, 0) is 14.3 Å². The molecule has 0 heterocycles. The lowest BCUT2D eigenvalue weighted by Gasteiger charge is -2.34. The lowest BCUT2D eigenvalue weighted by molar-refractivity contribution is -0.141. The van der Waals surface area contributed by atoms with E-state index in [0.29, 0.717) is 23.4 Å². The number of aliphatic hydroxyl groups excluding tert-OH is 1. The highest BCUT2D eigenvalue weighted by molar-refractivity contribution is 7.98. The molecule has 38 heavy (non-hydrogen) atoms. The summed E-state index contributed by atoms with van der Waals surface area (Å²) in [6.45, 7) is 10.5. The molecule has 2 unspecified atom stereocenters. The monoisotopic (exact) mass is 543 g/mol. The van der Waals surface area contributed by atoms with Crippen molar-refractivity contribution in [3.63, 3.8) is 0 Å². The summed E-state index contributed by atoms with van der Waals surface area (Å²) in [7, 11) is 0. The summed E-state index contributed by atoms with van der Waals surface area (Å²) in [6, 6.07) is 11.1. The topological polar surface area (TPSA) is 108 Å². The second-order valence-corrected chi connectivity index (χ2v) is 11.3. The van der Waals surface area contributed by atoms with E-state index in [9.17, 15) is 19.5 Å². The molecular weight excluding hydrogens is 502 g/mol. The van der Waals surface area contributed by atoms with Gasteiger partial charge in [-0.2, -0.15) is 11.8 Å². The highest BCUT2D eigenvalue weighted by Crippen LogP contribution is 2.27. The molecule has 0 saturated carbocycles. The molecule has 0 spiro atoms. The first-order valence-electron chi connectivity index (χ1n) is 12.7. The van der Waals surface area contributed by atoms with Gasteiger partial charge >= 0.3 is 6.09 Å². The quantitative estimate of drug-likeness (QED) is 0.377. The Labute approximate surface area is 230 Å². The average molecular weight is 544 g/mol. The predicted octanol–water partition coefficient (Wildman–Crippen LogP) is 4.76. The number of hydrogen-bond acceptors (Lipinski definition) is 6. The van der Waals surface area contributed by atoms with Gasteiger partial charge in [-0.1, -0.05) is 47.5 Å². The number of nitrogens with one attached hydrogen (secondary N) is 2. The van der Waals surface area contributed by atoms with E-state index in [0.717, 1.165) is 16.7 Å². The molecule has 0 saturated heterocycles. The maximum atomic E-state index is 14.0. The SMILES string of the molecule is CSCCC(NC(=O)OC(C)(C)C)C(=O)N(CCO)C(C(=O)Nc1ccccc1C)c1cc(C)cc(C)c1.